The van der Waals surface area contributed by atoms with Crippen molar-refractivity contribution in [1.82, 2.24) is 0 Å². The van der Waals surface area contributed by atoms with Crippen LogP contribution in [0, 0.1) is 17.8 Å². The molecule has 0 atom stereocenters. The zero-order valence-corrected chi connectivity index (χ0v) is 29.1. The molecule has 0 amide bonds. The lowest BCUT2D eigenvalue weighted by Crippen LogP contribution is -2.28. The van der Waals surface area contributed by atoms with Gasteiger partial charge >= 0.3 is 0 Å². The van der Waals surface area contributed by atoms with Crippen molar-refractivity contribution in [2.45, 2.75) is 130 Å². The van der Waals surface area contributed by atoms with Gasteiger partial charge in [-0.2, -0.15) is 0 Å². The van der Waals surface area contributed by atoms with Crippen molar-refractivity contribution in [2.24, 2.45) is 17.8 Å². The molecular weight excluding hydrogens is 544 g/mol. The third kappa shape index (κ3) is 31.5. The topological polar surface area (TPSA) is 75.6 Å². The van der Waals surface area contributed by atoms with Crippen LogP contribution in [0.15, 0.2) is 0 Å². The Labute approximate surface area is 267 Å². The molecule has 0 aliphatic carbocycles. The highest BCUT2D eigenvalue weighted by atomic mass is 16.5. The molecule has 260 valence electrons. The first-order valence-corrected chi connectivity index (χ1v) is 18.3. The Hall–Kier alpha value is -0.280. The molecule has 0 aromatic heterocycles. The summed E-state index contributed by atoms with van der Waals surface area (Å²) in [6, 6.07) is 0. The molecule has 0 fully saturated rings. The maximum Gasteiger partial charge on any atom is 0.0538 e. The number of aliphatic hydroxyl groups excluding tert-OH is 1. The van der Waals surface area contributed by atoms with Crippen LogP contribution in [-0.2, 0) is 28.4 Å². The maximum absolute atomic E-state index is 9.97. The fourth-order valence-electron chi connectivity index (χ4n) is 4.77. The Morgan fingerprint density at radius 3 is 0.837 bits per heavy atom. The van der Waals surface area contributed by atoms with Crippen LogP contribution >= 0.6 is 0 Å². The van der Waals surface area contributed by atoms with E-state index in [9.17, 15) is 5.11 Å². The van der Waals surface area contributed by atoms with Gasteiger partial charge in [-0.3, -0.25) is 0 Å². The molecule has 0 radical (unpaired) electrons. The van der Waals surface area contributed by atoms with Gasteiger partial charge in [0, 0.05) is 44.2 Å². The van der Waals surface area contributed by atoms with E-state index < -0.39 is 0 Å². The minimum absolute atomic E-state index is 0.0407. The summed E-state index contributed by atoms with van der Waals surface area (Å²) in [5.41, 5.74) is 0. The third-order valence-corrected chi connectivity index (χ3v) is 7.66. The molecule has 0 aliphatic heterocycles. The zero-order chi connectivity index (χ0) is 31.5. The van der Waals surface area contributed by atoms with Gasteiger partial charge in [0.15, 0.2) is 0 Å². The molecule has 0 rings (SSSR count). The molecule has 0 aromatic rings. The van der Waals surface area contributed by atoms with Crippen molar-refractivity contribution in [3.8, 4) is 0 Å². The number of rotatable bonds is 37. The normalized spacial score (nSPS) is 12.0. The Morgan fingerprint density at radius 2 is 0.581 bits per heavy atom. The van der Waals surface area contributed by atoms with Gasteiger partial charge in [0.2, 0.25) is 0 Å². The first-order chi connectivity index (χ1) is 21.2. The summed E-state index contributed by atoms with van der Waals surface area (Å²) < 4.78 is 36.0. The van der Waals surface area contributed by atoms with Gasteiger partial charge in [0.05, 0.1) is 59.5 Å². The largest absolute Gasteiger partial charge is 0.396 e. The Bertz CT molecular complexity index is 434. The molecule has 1 N–H and O–H groups in total. The van der Waals surface area contributed by atoms with E-state index in [0.717, 1.165) is 52.1 Å². The maximum atomic E-state index is 9.97. The van der Waals surface area contributed by atoms with Gasteiger partial charge in [-0.15, -0.1) is 0 Å². The van der Waals surface area contributed by atoms with Crippen molar-refractivity contribution < 1.29 is 33.5 Å². The molecule has 0 spiro atoms. The first kappa shape index (κ1) is 42.7. The number of unbranched alkanes of at least 4 members (excludes halogenated alkanes) is 12. The molecule has 0 saturated carbocycles. The summed E-state index contributed by atoms with van der Waals surface area (Å²) in [6.45, 7) is 16.8. The summed E-state index contributed by atoms with van der Waals surface area (Å²) >= 11 is 0. The van der Waals surface area contributed by atoms with E-state index in [0.29, 0.717) is 52.9 Å². The van der Waals surface area contributed by atoms with Gasteiger partial charge in [0.1, 0.15) is 0 Å². The Morgan fingerprint density at radius 1 is 0.326 bits per heavy atom. The second-order valence-electron chi connectivity index (χ2n) is 12.4. The Kier molecular flexibility index (Phi) is 36.0. The number of ether oxygens (including phenoxy) is 6. The van der Waals surface area contributed by atoms with Crippen LogP contribution in [0.4, 0.5) is 0 Å². The average molecular weight is 619 g/mol. The highest BCUT2D eigenvalue weighted by molar-refractivity contribution is 4.62. The van der Waals surface area contributed by atoms with Crippen LogP contribution in [-0.4, -0.2) is 91.0 Å². The van der Waals surface area contributed by atoms with Gasteiger partial charge < -0.3 is 33.5 Å². The van der Waals surface area contributed by atoms with E-state index in [1.807, 2.05) is 0 Å². The highest BCUT2D eigenvalue weighted by Crippen LogP contribution is 2.09. The number of hydrogen-bond acceptors (Lipinski definition) is 7. The molecular formula is C36H74O7. The number of aliphatic hydroxyl groups is 1. The smallest absolute Gasteiger partial charge is 0.0538 e. The minimum atomic E-state index is -0.0591. The van der Waals surface area contributed by atoms with Crippen LogP contribution in [0.2, 0.25) is 0 Å². The van der Waals surface area contributed by atoms with Crippen LogP contribution in [0.5, 0.6) is 0 Å². The average Bonchev–Trinajstić information content (AvgIpc) is 3.02. The SMILES string of the molecule is CCCCCCOCC(COCCCCCC)COCC(CO)COCC(COCCCCCC)COCCCCCC. The molecule has 0 unspecified atom stereocenters. The molecule has 0 bridgehead atoms. The predicted molar refractivity (Wildman–Crippen MR) is 179 cm³/mol. The lowest BCUT2D eigenvalue weighted by atomic mass is 10.1. The van der Waals surface area contributed by atoms with Gasteiger partial charge in [-0.05, 0) is 25.7 Å². The molecule has 7 heteroatoms. The second kappa shape index (κ2) is 36.2. The van der Waals surface area contributed by atoms with E-state index in [1.165, 1.54) is 77.0 Å². The predicted octanol–water partition coefficient (Wildman–Crippen LogP) is 8.25. The summed E-state index contributed by atoms with van der Waals surface area (Å²) in [4.78, 5) is 0. The summed E-state index contributed by atoms with van der Waals surface area (Å²) in [7, 11) is 0. The lowest BCUT2D eigenvalue weighted by molar-refractivity contribution is -0.0440. The quantitative estimate of drug-likeness (QED) is 0.0703. The summed E-state index contributed by atoms with van der Waals surface area (Å²) in [6.07, 6.45) is 19.3. The van der Waals surface area contributed by atoms with Gasteiger partial charge in [-0.1, -0.05) is 105 Å². The molecule has 0 aliphatic rings. The van der Waals surface area contributed by atoms with Gasteiger partial charge in [0.25, 0.3) is 0 Å². The van der Waals surface area contributed by atoms with Crippen LogP contribution in [0.25, 0.3) is 0 Å². The number of hydrogen-bond donors (Lipinski definition) is 1. The fourth-order valence-corrected chi connectivity index (χ4v) is 4.77. The zero-order valence-electron chi connectivity index (χ0n) is 29.1. The summed E-state index contributed by atoms with van der Waals surface area (Å²) in [5.74, 6) is 0.341. The van der Waals surface area contributed by atoms with Gasteiger partial charge in [-0.25, -0.2) is 0 Å². The standard InChI is InChI=1S/C36H74O7/c1-5-9-13-17-21-38-28-35(29-39-22-18-14-10-6-2)32-42-26-34(25-37)27-43-33-36(30-40-23-19-15-11-7-3)31-41-24-20-16-12-8-4/h34-37H,5-33H2,1-4H3. The highest BCUT2D eigenvalue weighted by Gasteiger charge is 2.16. The van der Waals surface area contributed by atoms with Crippen molar-refractivity contribution in [2.75, 3.05) is 85.9 Å². The molecule has 0 aromatic carbocycles. The van der Waals surface area contributed by atoms with E-state index in [4.69, 9.17) is 28.4 Å². The molecule has 0 heterocycles. The van der Waals surface area contributed by atoms with Crippen LogP contribution < -0.4 is 0 Å². The van der Waals surface area contributed by atoms with Crippen molar-refractivity contribution >= 4 is 0 Å². The van der Waals surface area contributed by atoms with E-state index >= 15 is 0 Å². The van der Waals surface area contributed by atoms with Crippen LogP contribution in [0.1, 0.15) is 130 Å². The molecule has 43 heavy (non-hydrogen) atoms. The van der Waals surface area contributed by atoms with Crippen molar-refractivity contribution in [3.63, 3.8) is 0 Å². The minimum Gasteiger partial charge on any atom is -0.396 e. The summed E-state index contributed by atoms with van der Waals surface area (Å²) in [5, 5.41) is 9.97. The Balaban J connectivity index is 4.48. The third-order valence-electron chi connectivity index (χ3n) is 7.66. The van der Waals surface area contributed by atoms with Crippen LogP contribution in [0.3, 0.4) is 0 Å². The lowest BCUT2D eigenvalue weighted by Gasteiger charge is -2.22. The molecule has 0 saturated heterocycles. The van der Waals surface area contributed by atoms with Crippen molar-refractivity contribution in [3.05, 3.63) is 0 Å². The van der Waals surface area contributed by atoms with E-state index in [2.05, 4.69) is 27.7 Å². The van der Waals surface area contributed by atoms with Crippen molar-refractivity contribution in [1.29, 1.82) is 0 Å². The van der Waals surface area contributed by atoms with E-state index in [1.54, 1.807) is 0 Å². The monoisotopic (exact) mass is 619 g/mol. The van der Waals surface area contributed by atoms with E-state index in [-0.39, 0.29) is 24.4 Å². The first-order valence-electron chi connectivity index (χ1n) is 18.3. The molecule has 7 nitrogen and oxygen atoms in total. The fraction of sp³-hybridized carbons (Fsp3) is 1.00. The second-order valence-corrected chi connectivity index (χ2v) is 12.4.